The van der Waals surface area contributed by atoms with Crippen molar-refractivity contribution >= 4 is 5.82 Å². The first-order valence-electron chi connectivity index (χ1n) is 6.24. The Morgan fingerprint density at radius 2 is 2.11 bits per heavy atom. The summed E-state index contributed by atoms with van der Waals surface area (Å²) in [4.78, 5) is 13.4. The van der Waals surface area contributed by atoms with E-state index < -0.39 is 0 Å². The topological polar surface area (TPSA) is 55.6 Å². The van der Waals surface area contributed by atoms with Gasteiger partial charge in [-0.3, -0.25) is 0 Å². The second-order valence-corrected chi connectivity index (χ2v) is 4.44. The van der Waals surface area contributed by atoms with Gasteiger partial charge >= 0.3 is 0 Å². The molecule has 0 saturated carbocycles. The van der Waals surface area contributed by atoms with E-state index in [-0.39, 0.29) is 0 Å². The molecule has 0 fully saturated rings. The summed E-state index contributed by atoms with van der Waals surface area (Å²) < 4.78 is 2.08. The molecular weight excluding hydrogens is 226 g/mol. The van der Waals surface area contributed by atoms with E-state index in [1.54, 1.807) is 6.20 Å². The minimum Gasteiger partial charge on any atom is -0.373 e. The molecule has 0 aliphatic rings. The number of hydrogen-bond acceptors (Lipinski definition) is 4. The third-order valence-electron chi connectivity index (χ3n) is 2.80. The van der Waals surface area contributed by atoms with E-state index in [4.69, 9.17) is 0 Å². The van der Waals surface area contributed by atoms with E-state index in [1.165, 1.54) is 0 Å². The van der Waals surface area contributed by atoms with Gasteiger partial charge in [-0.05, 0) is 6.92 Å². The lowest BCUT2D eigenvalue weighted by Gasteiger charge is -2.10. The van der Waals surface area contributed by atoms with Gasteiger partial charge in [-0.2, -0.15) is 0 Å². The van der Waals surface area contributed by atoms with Gasteiger partial charge in [0.05, 0.1) is 0 Å². The molecule has 0 aromatic carbocycles. The zero-order valence-corrected chi connectivity index (χ0v) is 11.3. The number of aryl methyl sites for hydroxylation is 1. The zero-order chi connectivity index (χ0) is 13.1. The third kappa shape index (κ3) is 2.34. The van der Waals surface area contributed by atoms with E-state index in [2.05, 4.69) is 45.6 Å². The van der Waals surface area contributed by atoms with Crippen LogP contribution in [0.1, 0.15) is 32.5 Å². The normalized spacial score (nSPS) is 10.9. The lowest BCUT2D eigenvalue weighted by molar-refractivity contribution is 0.753. The van der Waals surface area contributed by atoms with Crippen LogP contribution in [-0.4, -0.2) is 26.6 Å². The fraction of sp³-hybridized carbons (Fsp3) is 0.462. The molecule has 0 spiro atoms. The van der Waals surface area contributed by atoms with Crippen LogP contribution in [0.3, 0.4) is 0 Å². The number of hydrogen-bond donors (Lipinski definition) is 1. The van der Waals surface area contributed by atoms with E-state index >= 15 is 0 Å². The van der Waals surface area contributed by atoms with Crippen molar-refractivity contribution in [3.63, 3.8) is 0 Å². The van der Waals surface area contributed by atoms with Crippen LogP contribution in [0.25, 0.3) is 11.5 Å². The number of rotatable bonds is 4. The molecule has 2 rings (SSSR count). The van der Waals surface area contributed by atoms with Gasteiger partial charge < -0.3 is 9.88 Å². The smallest absolute Gasteiger partial charge is 0.158 e. The van der Waals surface area contributed by atoms with Crippen molar-refractivity contribution in [2.24, 2.45) is 0 Å². The number of nitrogens with zero attached hydrogens (tertiary/aromatic N) is 4. The first kappa shape index (κ1) is 12.5. The van der Waals surface area contributed by atoms with E-state index in [0.717, 1.165) is 29.7 Å². The van der Waals surface area contributed by atoms with Crippen LogP contribution < -0.4 is 5.32 Å². The maximum absolute atomic E-state index is 4.60. The summed E-state index contributed by atoms with van der Waals surface area (Å²) in [5.41, 5.74) is 0.866. The number of anilines is 1. The highest BCUT2D eigenvalue weighted by Crippen LogP contribution is 2.21. The van der Waals surface area contributed by atoms with Gasteiger partial charge in [0, 0.05) is 38.0 Å². The van der Waals surface area contributed by atoms with Crippen molar-refractivity contribution in [3.05, 3.63) is 24.3 Å². The van der Waals surface area contributed by atoms with Crippen molar-refractivity contribution < 1.29 is 0 Å². The quantitative estimate of drug-likeness (QED) is 0.899. The highest BCUT2D eigenvalue weighted by molar-refractivity contribution is 5.55. The fourth-order valence-corrected chi connectivity index (χ4v) is 1.76. The summed E-state index contributed by atoms with van der Waals surface area (Å²) in [6.45, 7) is 7.15. The zero-order valence-electron chi connectivity index (χ0n) is 11.3. The van der Waals surface area contributed by atoms with E-state index in [1.807, 2.05) is 19.3 Å². The van der Waals surface area contributed by atoms with Gasteiger partial charge in [-0.15, -0.1) is 0 Å². The molecule has 0 atom stereocenters. The average molecular weight is 245 g/mol. The maximum atomic E-state index is 4.60. The first-order valence-corrected chi connectivity index (χ1v) is 6.24. The molecule has 0 unspecified atom stereocenters. The van der Waals surface area contributed by atoms with Crippen molar-refractivity contribution in [3.8, 4) is 11.5 Å². The molecule has 0 bridgehead atoms. The Kier molecular flexibility index (Phi) is 3.60. The van der Waals surface area contributed by atoms with Crippen LogP contribution >= 0.6 is 0 Å². The summed E-state index contributed by atoms with van der Waals surface area (Å²) in [6, 6.07) is 1.93. The Labute approximate surface area is 107 Å². The fourth-order valence-electron chi connectivity index (χ4n) is 1.76. The van der Waals surface area contributed by atoms with Gasteiger partial charge in [0.2, 0.25) is 0 Å². The summed E-state index contributed by atoms with van der Waals surface area (Å²) in [7, 11) is 1.86. The van der Waals surface area contributed by atoms with Crippen LogP contribution in [-0.2, 0) is 6.54 Å². The van der Waals surface area contributed by atoms with Gasteiger partial charge in [-0.25, -0.2) is 15.0 Å². The molecule has 18 heavy (non-hydrogen) atoms. The Morgan fingerprint density at radius 1 is 1.33 bits per heavy atom. The molecule has 5 heteroatoms. The molecule has 2 aromatic heterocycles. The van der Waals surface area contributed by atoms with E-state index in [9.17, 15) is 0 Å². The summed E-state index contributed by atoms with van der Waals surface area (Å²) in [6.07, 6.45) is 3.76. The lowest BCUT2D eigenvalue weighted by Crippen LogP contribution is -2.05. The predicted molar refractivity (Wildman–Crippen MR) is 72.6 cm³/mol. The third-order valence-corrected chi connectivity index (χ3v) is 2.80. The molecule has 96 valence electrons. The standard InChI is InChI=1S/C13H19N5/c1-5-18-7-6-15-13(18)10-8-11(14-4)17-12(16-10)9(2)3/h6-9H,5H2,1-4H3,(H,14,16,17). The second-order valence-electron chi connectivity index (χ2n) is 4.44. The summed E-state index contributed by atoms with van der Waals surface area (Å²) in [5, 5.41) is 3.07. The highest BCUT2D eigenvalue weighted by atomic mass is 15.1. The van der Waals surface area contributed by atoms with Crippen LogP contribution in [0, 0.1) is 0 Å². The molecule has 0 aliphatic heterocycles. The molecule has 0 aliphatic carbocycles. The van der Waals surface area contributed by atoms with Crippen LogP contribution in [0.4, 0.5) is 5.82 Å². The van der Waals surface area contributed by atoms with Gasteiger partial charge in [0.1, 0.15) is 17.3 Å². The minimum absolute atomic E-state index is 0.294. The maximum Gasteiger partial charge on any atom is 0.158 e. The highest BCUT2D eigenvalue weighted by Gasteiger charge is 2.12. The van der Waals surface area contributed by atoms with Crippen LogP contribution in [0.15, 0.2) is 18.5 Å². The molecule has 2 aromatic rings. The molecule has 2 heterocycles. The molecule has 0 saturated heterocycles. The van der Waals surface area contributed by atoms with Crippen molar-refractivity contribution in [1.82, 2.24) is 19.5 Å². The van der Waals surface area contributed by atoms with Crippen molar-refractivity contribution in [2.75, 3.05) is 12.4 Å². The summed E-state index contributed by atoms with van der Waals surface area (Å²) >= 11 is 0. The predicted octanol–water partition coefficient (Wildman–Crippen LogP) is 2.53. The molecule has 1 N–H and O–H groups in total. The number of imidazole rings is 1. The monoisotopic (exact) mass is 245 g/mol. The Hall–Kier alpha value is -1.91. The molecule has 0 amide bonds. The first-order chi connectivity index (χ1) is 8.65. The Bertz CT molecular complexity index is 530. The van der Waals surface area contributed by atoms with E-state index in [0.29, 0.717) is 5.92 Å². The Morgan fingerprint density at radius 3 is 2.72 bits per heavy atom. The number of aromatic nitrogens is 4. The molecule has 5 nitrogen and oxygen atoms in total. The number of nitrogens with one attached hydrogen (secondary N) is 1. The van der Waals surface area contributed by atoms with Crippen LogP contribution in [0.5, 0.6) is 0 Å². The second kappa shape index (κ2) is 5.16. The van der Waals surface area contributed by atoms with Gasteiger partial charge in [0.25, 0.3) is 0 Å². The molecular formula is C13H19N5. The lowest BCUT2D eigenvalue weighted by atomic mass is 10.2. The van der Waals surface area contributed by atoms with Crippen molar-refractivity contribution in [2.45, 2.75) is 33.2 Å². The van der Waals surface area contributed by atoms with Gasteiger partial charge in [-0.1, -0.05) is 13.8 Å². The van der Waals surface area contributed by atoms with Crippen molar-refractivity contribution in [1.29, 1.82) is 0 Å². The van der Waals surface area contributed by atoms with Gasteiger partial charge in [0.15, 0.2) is 5.82 Å². The minimum atomic E-state index is 0.294. The largest absolute Gasteiger partial charge is 0.373 e. The SMILES string of the molecule is CCn1ccnc1-c1cc(NC)nc(C(C)C)n1. The van der Waals surface area contributed by atoms with Crippen LogP contribution in [0.2, 0.25) is 0 Å². The summed E-state index contributed by atoms with van der Waals surface area (Å²) in [5.74, 6) is 2.84. The Balaban J connectivity index is 2.53. The molecule has 0 radical (unpaired) electrons. The average Bonchev–Trinajstić information content (AvgIpc) is 2.86.